The Kier molecular flexibility index (Phi) is 2.62. The van der Waals surface area contributed by atoms with E-state index in [-0.39, 0.29) is 5.91 Å². The van der Waals surface area contributed by atoms with Crippen molar-refractivity contribution in [2.24, 2.45) is 0 Å². The van der Waals surface area contributed by atoms with Crippen LogP contribution in [0.2, 0.25) is 0 Å². The number of carbonyl (C=O) groups excluding carboxylic acids is 1. The van der Waals surface area contributed by atoms with Crippen molar-refractivity contribution in [1.82, 2.24) is 4.90 Å². The number of rotatable bonds is 2. The first-order chi connectivity index (χ1) is 7.22. The molecule has 15 heavy (non-hydrogen) atoms. The van der Waals surface area contributed by atoms with Gasteiger partial charge >= 0.3 is 0 Å². The van der Waals surface area contributed by atoms with E-state index in [1.807, 2.05) is 30.0 Å². The average Bonchev–Trinajstić information content (AvgIpc) is 2.15. The van der Waals surface area contributed by atoms with Crippen molar-refractivity contribution in [3.8, 4) is 5.75 Å². The lowest BCUT2D eigenvalue weighted by Gasteiger charge is -2.31. The van der Waals surface area contributed by atoms with Crippen LogP contribution in [0.25, 0.3) is 0 Å². The van der Waals surface area contributed by atoms with Gasteiger partial charge in [-0.1, -0.05) is 11.6 Å². The molecule has 1 aromatic rings. The molecule has 0 saturated carbocycles. The number of ether oxygens (including phenoxy) is 1. The molecule has 0 aromatic heterocycles. The number of aryl methyl sites for hydroxylation is 1. The van der Waals surface area contributed by atoms with Crippen LogP contribution in [0, 0.1) is 6.92 Å². The van der Waals surface area contributed by atoms with E-state index in [1.165, 1.54) is 0 Å². The zero-order valence-electron chi connectivity index (χ0n) is 9.12. The Morgan fingerprint density at radius 2 is 2.13 bits per heavy atom. The van der Waals surface area contributed by atoms with Crippen molar-refractivity contribution < 1.29 is 9.53 Å². The van der Waals surface area contributed by atoms with Crippen molar-refractivity contribution in [1.29, 1.82) is 0 Å². The molecule has 1 amide bonds. The highest BCUT2D eigenvalue weighted by molar-refractivity contribution is 5.97. The fourth-order valence-electron chi connectivity index (χ4n) is 1.68. The molecule has 1 aliphatic heterocycles. The maximum absolute atomic E-state index is 12.0. The second kappa shape index (κ2) is 3.93. The van der Waals surface area contributed by atoms with Crippen LogP contribution in [-0.2, 0) is 0 Å². The molecule has 1 saturated heterocycles. The fourth-order valence-corrected chi connectivity index (χ4v) is 1.68. The van der Waals surface area contributed by atoms with Gasteiger partial charge in [-0.05, 0) is 25.5 Å². The van der Waals surface area contributed by atoms with Gasteiger partial charge in [-0.15, -0.1) is 0 Å². The number of likely N-dealkylation sites (tertiary alicyclic amines) is 1. The maximum atomic E-state index is 12.0. The molecule has 0 atom stereocenters. The molecule has 80 valence electrons. The number of benzene rings is 1. The highest BCUT2D eigenvalue weighted by Gasteiger charge is 2.24. The molecule has 1 aliphatic rings. The van der Waals surface area contributed by atoms with E-state index in [0.717, 1.165) is 25.1 Å². The van der Waals surface area contributed by atoms with Gasteiger partial charge in [-0.2, -0.15) is 0 Å². The van der Waals surface area contributed by atoms with Crippen molar-refractivity contribution >= 4 is 5.91 Å². The average molecular weight is 205 g/mol. The van der Waals surface area contributed by atoms with E-state index in [4.69, 9.17) is 4.74 Å². The number of nitrogens with zero attached hydrogens (tertiary/aromatic N) is 1. The summed E-state index contributed by atoms with van der Waals surface area (Å²) in [7, 11) is 1.59. The molecule has 1 aromatic carbocycles. The summed E-state index contributed by atoms with van der Waals surface area (Å²) in [6.45, 7) is 3.72. The molecule has 0 spiro atoms. The van der Waals surface area contributed by atoms with E-state index in [2.05, 4.69) is 0 Å². The lowest BCUT2D eigenvalue weighted by Crippen LogP contribution is -2.42. The monoisotopic (exact) mass is 205 g/mol. The van der Waals surface area contributed by atoms with Crippen LogP contribution in [0.5, 0.6) is 5.75 Å². The van der Waals surface area contributed by atoms with E-state index in [1.54, 1.807) is 7.11 Å². The summed E-state index contributed by atoms with van der Waals surface area (Å²) < 4.78 is 5.19. The van der Waals surface area contributed by atoms with Crippen molar-refractivity contribution in [3.63, 3.8) is 0 Å². The zero-order chi connectivity index (χ0) is 10.8. The zero-order valence-corrected chi connectivity index (χ0v) is 9.12. The molecule has 1 fully saturated rings. The third-order valence-electron chi connectivity index (χ3n) is 2.73. The van der Waals surface area contributed by atoms with E-state index in [9.17, 15) is 4.79 Å². The Hall–Kier alpha value is -1.51. The van der Waals surface area contributed by atoms with E-state index < -0.39 is 0 Å². The van der Waals surface area contributed by atoms with Gasteiger partial charge in [0.15, 0.2) is 0 Å². The first-order valence-electron chi connectivity index (χ1n) is 5.16. The number of carbonyl (C=O) groups is 1. The minimum atomic E-state index is 0.0850. The minimum absolute atomic E-state index is 0.0850. The smallest absolute Gasteiger partial charge is 0.257 e. The molecular formula is C12H15NO2. The molecule has 3 nitrogen and oxygen atoms in total. The fraction of sp³-hybridized carbons (Fsp3) is 0.417. The van der Waals surface area contributed by atoms with Gasteiger partial charge in [0.05, 0.1) is 12.7 Å². The number of methoxy groups -OCH3 is 1. The first-order valence-corrected chi connectivity index (χ1v) is 5.16. The molecule has 0 radical (unpaired) electrons. The van der Waals surface area contributed by atoms with Crippen LogP contribution < -0.4 is 4.74 Å². The highest BCUT2D eigenvalue weighted by Crippen LogP contribution is 2.23. The summed E-state index contributed by atoms with van der Waals surface area (Å²) >= 11 is 0. The molecular weight excluding hydrogens is 190 g/mol. The normalized spacial score (nSPS) is 14.7. The van der Waals surface area contributed by atoms with Crippen molar-refractivity contribution in [2.45, 2.75) is 13.3 Å². The Labute approximate surface area is 89.7 Å². The molecule has 0 unspecified atom stereocenters. The Balaban J connectivity index is 2.31. The quantitative estimate of drug-likeness (QED) is 0.737. The summed E-state index contributed by atoms with van der Waals surface area (Å²) in [5.74, 6) is 0.749. The first kappa shape index (κ1) is 10.0. The van der Waals surface area contributed by atoms with Crippen LogP contribution in [0.1, 0.15) is 22.3 Å². The molecule has 2 rings (SSSR count). The molecule has 1 heterocycles. The summed E-state index contributed by atoms with van der Waals surface area (Å²) in [6, 6.07) is 5.69. The van der Waals surface area contributed by atoms with Gasteiger partial charge < -0.3 is 9.64 Å². The van der Waals surface area contributed by atoms with Crippen molar-refractivity contribution in [2.75, 3.05) is 20.2 Å². The Morgan fingerprint density at radius 1 is 1.40 bits per heavy atom. The second-order valence-electron chi connectivity index (χ2n) is 3.85. The third-order valence-corrected chi connectivity index (χ3v) is 2.73. The van der Waals surface area contributed by atoms with Crippen LogP contribution in [0.15, 0.2) is 18.2 Å². The Morgan fingerprint density at radius 3 is 2.67 bits per heavy atom. The predicted molar refractivity (Wildman–Crippen MR) is 58.3 cm³/mol. The van der Waals surface area contributed by atoms with Crippen LogP contribution in [-0.4, -0.2) is 31.0 Å². The molecule has 0 N–H and O–H groups in total. The standard InChI is InChI=1S/C12H15NO2/c1-9-4-5-11(15-2)10(8-9)12(14)13-6-3-7-13/h4-5,8H,3,6-7H2,1-2H3. The molecule has 0 aliphatic carbocycles. The number of hydrogen-bond donors (Lipinski definition) is 0. The van der Waals surface area contributed by atoms with Gasteiger partial charge in [-0.25, -0.2) is 0 Å². The maximum Gasteiger partial charge on any atom is 0.257 e. The van der Waals surface area contributed by atoms with Gasteiger partial charge in [0, 0.05) is 13.1 Å². The van der Waals surface area contributed by atoms with Crippen LogP contribution in [0.3, 0.4) is 0 Å². The van der Waals surface area contributed by atoms with Gasteiger partial charge in [0.2, 0.25) is 0 Å². The number of amides is 1. The number of hydrogen-bond acceptors (Lipinski definition) is 2. The van der Waals surface area contributed by atoms with Gasteiger partial charge in [0.25, 0.3) is 5.91 Å². The topological polar surface area (TPSA) is 29.5 Å². The summed E-state index contributed by atoms with van der Waals surface area (Å²) in [6.07, 6.45) is 1.11. The SMILES string of the molecule is COc1ccc(C)cc1C(=O)N1CCC1. The van der Waals surface area contributed by atoms with E-state index in [0.29, 0.717) is 11.3 Å². The van der Waals surface area contributed by atoms with Crippen LogP contribution in [0.4, 0.5) is 0 Å². The lowest BCUT2D eigenvalue weighted by molar-refractivity contribution is 0.0648. The van der Waals surface area contributed by atoms with Gasteiger partial charge in [-0.3, -0.25) is 4.79 Å². The molecule has 0 bridgehead atoms. The van der Waals surface area contributed by atoms with E-state index >= 15 is 0 Å². The van der Waals surface area contributed by atoms with Crippen molar-refractivity contribution in [3.05, 3.63) is 29.3 Å². The molecule has 3 heteroatoms. The highest BCUT2D eigenvalue weighted by atomic mass is 16.5. The summed E-state index contributed by atoms with van der Waals surface area (Å²) in [4.78, 5) is 13.8. The largest absolute Gasteiger partial charge is 0.496 e. The summed E-state index contributed by atoms with van der Waals surface area (Å²) in [5.41, 5.74) is 1.76. The lowest BCUT2D eigenvalue weighted by atomic mass is 10.1. The van der Waals surface area contributed by atoms with Crippen LogP contribution >= 0.6 is 0 Å². The summed E-state index contributed by atoms with van der Waals surface area (Å²) in [5, 5.41) is 0. The minimum Gasteiger partial charge on any atom is -0.496 e. The Bertz CT molecular complexity index is 383. The van der Waals surface area contributed by atoms with Gasteiger partial charge in [0.1, 0.15) is 5.75 Å². The second-order valence-corrected chi connectivity index (χ2v) is 3.85. The third kappa shape index (κ3) is 1.82. The predicted octanol–water partition coefficient (Wildman–Crippen LogP) is 1.85.